The Morgan fingerprint density at radius 3 is 2.32 bits per heavy atom. The number of hydrogen-bond donors (Lipinski definition) is 0. The van der Waals surface area contributed by atoms with Gasteiger partial charge in [-0.25, -0.2) is 0 Å². The zero-order valence-electron chi connectivity index (χ0n) is 11.4. The van der Waals surface area contributed by atoms with E-state index in [0.29, 0.717) is 29.6 Å². The highest BCUT2D eigenvalue weighted by molar-refractivity contribution is 6.17. The summed E-state index contributed by atoms with van der Waals surface area (Å²) in [4.78, 5) is 11.1. The molecule has 2 rings (SSSR count). The Bertz CT molecular complexity index is 391. The number of aromatic nitrogens is 2. The minimum atomic E-state index is 0.514. The maximum absolute atomic E-state index is 5.80. The lowest BCUT2D eigenvalue weighted by atomic mass is 9.91. The van der Waals surface area contributed by atoms with E-state index in [4.69, 9.17) is 21.1 Å². The van der Waals surface area contributed by atoms with Crippen molar-refractivity contribution in [1.82, 2.24) is 9.97 Å². The van der Waals surface area contributed by atoms with Crippen molar-refractivity contribution in [1.29, 1.82) is 0 Å². The van der Waals surface area contributed by atoms with Crippen LogP contribution in [-0.2, 0) is 0 Å². The molecule has 5 nitrogen and oxygen atoms in total. The molecule has 0 aliphatic heterocycles. The molecule has 106 valence electrons. The van der Waals surface area contributed by atoms with Crippen LogP contribution in [0, 0.1) is 0 Å². The molecule has 0 N–H and O–H groups in total. The van der Waals surface area contributed by atoms with Crippen molar-refractivity contribution < 1.29 is 9.47 Å². The van der Waals surface area contributed by atoms with Gasteiger partial charge in [-0.1, -0.05) is 0 Å². The summed E-state index contributed by atoms with van der Waals surface area (Å²) in [6, 6.07) is 2.20. The minimum Gasteiger partial charge on any atom is -0.481 e. The number of rotatable bonds is 7. The summed E-state index contributed by atoms with van der Waals surface area (Å²) in [7, 11) is 3.19. The van der Waals surface area contributed by atoms with Crippen LogP contribution < -0.4 is 14.4 Å². The lowest BCUT2D eigenvalue weighted by Gasteiger charge is -2.37. The van der Waals surface area contributed by atoms with E-state index < -0.39 is 0 Å². The minimum absolute atomic E-state index is 0.514. The molecule has 0 radical (unpaired) electrons. The molecule has 1 aliphatic carbocycles. The fourth-order valence-corrected chi connectivity index (χ4v) is 2.22. The third-order valence-corrected chi connectivity index (χ3v) is 3.66. The summed E-state index contributed by atoms with van der Waals surface area (Å²) in [6.07, 6.45) is 4.56. The van der Waals surface area contributed by atoms with E-state index in [0.717, 1.165) is 13.0 Å². The number of methoxy groups -OCH3 is 2. The number of anilines is 1. The van der Waals surface area contributed by atoms with E-state index in [2.05, 4.69) is 14.9 Å². The summed E-state index contributed by atoms with van der Waals surface area (Å²) in [5.41, 5.74) is 0. The molecule has 0 unspecified atom stereocenters. The average Bonchev–Trinajstić information content (AvgIpc) is 2.40. The van der Waals surface area contributed by atoms with E-state index >= 15 is 0 Å². The van der Waals surface area contributed by atoms with E-state index in [9.17, 15) is 0 Å². The lowest BCUT2D eigenvalue weighted by molar-refractivity contribution is 0.358. The van der Waals surface area contributed by atoms with Crippen LogP contribution in [0.3, 0.4) is 0 Å². The molecule has 0 atom stereocenters. The fraction of sp³-hybridized carbons (Fsp3) is 0.692. The molecule has 0 spiro atoms. The molecule has 1 aromatic heterocycles. The Kier molecular flexibility index (Phi) is 5.07. The van der Waals surface area contributed by atoms with Crippen molar-refractivity contribution in [3.05, 3.63) is 6.07 Å². The molecule has 1 fully saturated rings. The molecular formula is C13H20ClN3O2. The van der Waals surface area contributed by atoms with Crippen LogP contribution in [0.5, 0.6) is 11.8 Å². The number of hydrogen-bond acceptors (Lipinski definition) is 5. The SMILES string of the molecule is COc1cc(OC)nc(N(CCCCl)C2CCC2)n1. The summed E-state index contributed by atoms with van der Waals surface area (Å²) < 4.78 is 10.4. The van der Waals surface area contributed by atoms with Gasteiger partial charge in [-0.2, -0.15) is 9.97 Å². The van der Waals surface area contributed by atoms with Crippen molar-refractivity contribution in [3.8, 4) is 11.8 Å². The molecular weight excluding hydrogens is 266 g/mol. The first-order valence-electron chi connectivity index (χ1n) is 6.58. The zero-order chi connectivity index (χ0) is 13.7. The Morgan fingerprint density at radius 2 is 1.89 bits per heavy atom. The van der Waals surface area contributed by atoms with E-state index in [1.165, 1.54) is 19.3 Å². The lowest BCUT2D eigenvalue weighted by Crippen LogP contribution is -2.42. The van der Waals surface area contributed by atoms with Crippen LogP contribution in [0.15, 0.2) is 6.07 Å². The highest BCUT2D eigenvalue weighted by Crippen LogP contribution is 2.30. The standard InChI is InChI=1S/C13H20ClN3O2/c1-18-11-9-12(19-2)16-13(15-11)17(8-4-7-14)10-5-3-6-10/h9-10H,3-8H2,1-2H3. The number of ether oxygens (including phenoxy) is 2. The van der Waals surface area contributed by atoms with Gasteiger partial charge in [0, 0.05) is 18.5 Å². The second kappa shape index (κ2) is 6.80. The van der Waals surface area contributed by atoms with Crippen LogP contribution in [0.25, 0.3) is 0 Å². The topological polar surface area (TPSA) is 47.5 Å². The highest BCUT2D eigenvalue weighted by Gasteiger charge is 2.27. The van der Waals surface area contributed by atoms with Gasteiger partial charge in [0.2, 0.25) is 17.7 Å². The Morgan fingerprint density at radius 1 is 1.26 bits per heavy atom. The zero-order valence-corrected chi connectivity index (χ0v) is 12.2. The van der Waals surface area contributed by atoms with Crippen LogP contribution >= 0.6 is 11.6 Å². The van der Waals surface area contributed by atoms with Gasteiger partial charge >= 0.3 is 0 Å². The number of halogens is 1. The van der Waals surface area contributed by atoms with Crippen LogP contribution in [0.4, 0.5) is 5.95 Å². The smallest absolute Gasteiger partial charge is 0.232 e. The Balaban J connectivity index is 2.23. The first kappa shape index (κ1) is 14.2. The third kappa shape index (κ3) is 3.41. The Hall–Kier alpha value is -1.23. The van der Waals surface area contributed by atoms with Gasteiger partial charge in [0.25, 0.3) is 0 Å². The molecule has 6 heteroatoms. The third-order valence-electron chi connectivity index (χ3n) is 3.39. The molecule has 0 bridgehead atoms. The second-order valence-corrected chi connectivity index (χ2v) is 4.95. The van der Waals surface area contributed by atoms with Crippen LogP contribution in [0.1, 0.15) is 25.7 Å². The monoisotopic (exact) mass is 285 g/mol. The van der Waals surface area contributed by atoms with Gasteiger partial charge in [-0.3, -0.25) is 0 Å². The van der Waals surface area contributed by atoms with Crippen molar-refractivity contribution in [2.45, 2.75) is 31.7 Å². The van der Waals surface area contributed by atoms with Crippen molar-refractivity contribution in [2.75, 3.05) is 31.5 Å². The molecule has 0 amide bonds. The van der Waals surface area contributed by atoms with Crippen LogP contribution in [-0.4, -0.2) is 42.7 Å². The van der Waals surface area contributed by atoms with E-state index in [1.54, 1.807) is 20.3 Å². The summed E-state index contributed by atoms with van der Waals surface area (Å²) in [6.45, 7) is 0.866. The van der Waals surface area contributed by atoms with Gasteiger partial charge < -0.3 is 14.4 Å². The molecule has 19 heavy (non-hydrogen) atoms. The summed E-state index contributed by atoms with van der Waals surface area (Å²) in [5, 5.41) is 0. The van der Waals surface area contributed by atoms with Gasteiger partial charge in [0.15, 0.2) is 0 Å². The van der Waals surface area contributed by atoms with Gasteiger partial charge in [0.1, 0.15) is 0 Å². The molecule has 0 saturated heterocycles. The Labute approximate surface area is 118 Å². The predicted molar refractivity (Wildman–Crippen MR) is 75.5 cm³/mol. The second-order valence-electron chi connectivity index (χ2n) is 4.57. The van der Waals surface area contributed by atoms with Gasteiger partial charge in [-0.15, -0.1) is 11.6 Å². The highest BCUT2D eigenvalue weighted by atomic mass is 35.5. The average molecular weight is 286 g/mol. The quantitative estimate of drug-likeness (QED) is 0.720. The maximum Gasteiger partial charge on any atom is 0.232 e. The van der Waals surface area contributed by atoms with Crippen molar-refractivity contribution in [2.24, 2.45) is 0 Å². The molecule has 1 aliphatic rings. The van der Waals surface area contributed by atoms with Crippen molar-refractivity contribution >= 4 is 17.5 Å². The van der Waals surface area contributed by atoms with E-state index in [-0.39, 0.29) is 0 Å². The van der Waals surface area contributed by atoms with Gasteiger partial charge in [0.05, 0.1) is 20.3 Å². The largest absolute Gasteiger partial charge is 0.481 e. The molecule has 1 saturated carbocycles. The fourth-order valence-electron chi connectivity index (χ4n) is 2.10. The molecule has 1 aromatic rings. The predicted octanol–water partition coefficient (Wildman–Crippen LogP) is 2.48. The maximum atomic E-state index is 5.80. The van der Waals surface area contributed by atoms with Crippen LogP contribution in [0.2, 0.25) is 0 Å². The van der Waals surface area contributed by atoms with Gasteiger partial charge in [-0.05, 0) is 25.7 Å². The normalized spacial score (nSPS) is 14.9. The summed E-state index contributed by atoms with van der Waals surface area (Å²) >= 11 is 5.80. The van der Waals surface area contributed by atoms with Crippen molar-refractivity contribution in [3.63, 3.8) is 0 Å². The summed E-state index contributed by atoms with van der Waals surface area (Å²) in [5.74, 6) is 2.37. The number of alkyl halides is 1. The number of nitrogens with zero attached hydrogens (tertiary/aromatic N) is 3. The molecule has 0 aromatic carbocycles. The first-order valence-corrected chi connectivity index (χ1v) is 7.11. The van der Waals surface area contributed by atoms with E-state index in [1.807, 2.05) is 0 Å². The molecule has 1 heterocycles. The first-order chi connectivity index (χ1) is 9.28.